The maximum Gasteiger partial charge on any atom is 0.123 e. The van der Waals surface area contributed by atoms with E-state index in [1.165, 1.54) is 38.3 Å². The molecule has 0 radical (unpaired) electrons. The molecule has 2 aliphatic rings. The lowest BCUT2D eigenvalue weighted by Gasteiger charge is -2.38. The first-order valence-corrected chi connectivity index (χ1v) is 8.49. The predicted molar refractivity (Wildman–Crippen MR) is 84.8 cm³/mol. The summed E-state index contributed by atoms with van der Waals surface area (Å²) in [5.74, 6) is 0.839. The molecule has 0 spiro atoms. The first kappa shape index (κ1) is 15.0. The van der Waals surface area contributed by atoms with Gasteiger partial charge in [0, 0.05) is 25.2 Å². The van der Waals surface area contributed by atoms with E-state index in [4.69, 9.17) is 0 Å². The smallest absolute Gasteiger partial charge is 0.123 e. The lowest BCUT2D eigenvalue weighted by Crippen LogP contribution is -2.44. The number of nitrogens with one attached hydrogen (secondary N) is 1. The second-order valence-corrected chi connectivity index (χ2v) is 6.64. The van der Waals surface area contributed by atoms with Gasteiger partial charge in [-0.1, -0.05) is 19.1 Å². The molecule has 2 fully saturated rings. The molecule has 1 unspecified atom stereocenters. The van der Waals surface area contributed by atoms with Gasteiger partial charge in [0.1, 0.15) is 5.82 Å². The molecule has 1 aliphatic heterocycles. The summed E-state index contributed by atoms with van der Waals surface area (Å²) in [4.78, 5) is 2.53. The van der Waals surface area contributed by atoms with Crippen LogP contribution in [0, 0.1) is 11.7 Å². The van der Waals surface area contributed by atoms with Crippen LogP contribution in [0.2, 0.25) is 0 Å². The summed E-state index contributed by atoms with van der Waals surface area (Å²) in [6.45, 7) is 5.66. The SMILES string of the molecule is CCC(c1cccc(F)c1)N1CCC(NCC2CC2)CC1. The second kappa shape index (κ2) is 6.89. The molecule has 0 bridgehead atoms. The average molecular weight is 290 g/mol. The van der Waals surface area contributed by atoms with Gasteiger partial charge in [-0.05, 0) is 62.3 Å². The summed E-state index contributed by atoms with van der Waals surface area (Å²) in [5, 5.41) is 3.72. The van der Waals surface area contributed by atoms with E-state index in [1.807, 2.05) is 6.07 Å². The number of hydrogen-bond donors (Lipinski definition) is 1. The summed E-state index contributed by atoms with van der Waals surface area (Å²) in [5.41, 5.74) is 1.13. The normalized spacial score (nSPS) is 22.4. The molecular formula is C18H27FN2. The Balaban J connectivity index is 1.53. The van der Waals surface area contributed by atoms with Gasteiger partial charge in [0.05, 0.1) is 0 Å². The van der Waals surface area contributed by atoms with Crippen molar-refractivity contribution in [2.24, 2.45) is 5.92 Å². The Bertz CT molecular complexity index is 450. The highest BCUT2D eigenvalue weighted by Gasteiger charge is 2.27. The largest absolute Gasteiger partial charge is 0.314 e. The van der Waals surface area contributed by atoms with E-state index in [9.17, 15) is 4.39 Å². The quantitative estimate of drug-likeness (QED) is 0.858. The first-order valence-electron chi connectivity index (χ1n) is 8.49. The van der Waals surface area contributed by atoms with Crippen LogP contribution in [0.5, 0.6) is 0 Å². The van der Waals surface area contributed by atoms with Crippen LogP contribution in [0.15, 0.2) is 24.3 Å². The van der Waals surface area contributed by atoms with Gasteiger partial charge < -0.3 is 5.32 Å². The van der Waals surface area contributed by atoms with Gasteiger partial charge in [-0.2, -0.15) is 0 Å². The predicted octanol–water partition coefficient (Wildman–Crippen LogP) is 3.74. The van der Waals surface area contributed by atoms with Crippen LogP contribution in [0.1, 0.15) is 50.6 Å². The number of rotatable bonds is 6. The molecule has 1 N–H and O–H groups in total. The van der Waals surface area contributed by atoms with E-state index in [1.54, 1.807) is 6.07 Å². The van der Waals surface area contributed by atoms with Crippen LogP contribution in [0.25, 0.3) is 0 Å². The van der Waals surface area contributed by atoms with Crippen LogP contribution >= 0.6 is 0 Å². The van der Waals surface area contributed by atoms with E-state index in [2.05, 4.69) is 23.2 Å². The zero-order chi connectivity index (χ0) is 14.7. The molecule has 0 amide bonds. The van der Waals surface area contributed by atoms with Crippen molar-refractivity contribution in [3.05, 3.63) is 35.6 Å². The minimum absolute atomic E-state index is 0.119. The highest BCUT2D eigenvalue weighted by Crippen LogP contribution is 2.30. The minimum Gasteiger partial charge on any atom is -0.314 e. The van der Waals surface area contributed by atoms with Crippen molar-refractivity contribution >= 4 is 0 Å². The molecule has 116 valence electrons. The highest BCUT2D eigenvalue weighted by atomic mass is 19.1. The topological polar surface area (TPSA) is 15.3 Å². The summed E-state index contributed by atoms with van der Waals surface area (Å²) >= 11 is 0. The highest BCUT2D eigenvalue weighted by molar-refractivity contribution is 5.20. The number of likely N-dealkylation sites (tertiary alicyclic amines) is 1. The Labute approximate surface area is 127 Å². The van der Waals surface area contributed by atoms with Crippen molar-refractivity contribution < 1.29 is 4.39 Å². The average Bonchev–Trinajstić information content (AvgIpc) is 3.32. The Morgan fingerprint density at radius 1 is 1.24 bits per heavy atom. The molecule has 1 atom stereocenters. The standard InChI is InChI=1S/C18H27FN2/c1-2-18(15-4-3-5-16(19)12-15)21-10-8-17(9-11-21)20-13-14-6-7-14/h3-5,12,14,17-18,20H,2,6-11,13H2,1H3. The van der Waals surface area contributed by atoms with Gasteiger partial charge in [-0.15, -0.1) is 0 Å². The molecule has 1 heterocycles. The minimum atomic E-state index is -0.119. The lowest BCUT2D eigenvalue weighted by molar-refractivity contribution is 0.139. The zero-order valence-electron chi connectivity index (χ0n) is 13.0. The molecule has 1 aromatic carbocycles. The van der Waals surface area contributed by atoms with E-state index < -0.39 is 0 Å². The Kier molecular flexibility index (Phi) is 4.91. The number of nitrogens with zero attached hydrogens (tertiary/aromatic N) is 1. The molecular weight excluding hydrogens is 263 g/mol. The molecule has 3 rings (SSSR count). The third-order valence-electron chi connectivity index (χ3n) is 4.98. The van der Waals surface area contributed by atoms with Crippen LogP contribution in [-0.4, -0.2) is 30.6 Å². The summed E-state index contributed by atoms with van der Waals surface area (Å²) in [7, 11) is 0. The third-order valence-corrected chi connectivity index (χ3v) is 4.98. The van der Waals surface area contributed by atoms with E-state index in [0.717, 1.165) is 31.0 Å². The number of benzene rings is 1. The Morgan fingerprint density at radius 2 is 2.00 bits per heavy atom. The van der Waals surface area contributed by atoms with Gasteiger partial charge in [0.2, 0.25) is 0 Å². The zero-order valence-corrected chi connectivity index (χ0v) is 13.0. The van der Waals surface area contributed by atoms with Gasteiger partial charge in [0.25, 0.3) is 0 Å². The van der Waals surface area contributed by atoms with Crippen molar-refractivity contribution in [3.63, 3.8) is 0 Å². The molecule has 1 saturated heterocycles. The van der Waals surface area contributed by atoms with Crippen LogP contribution in [0.4, 0.5) is 4.39 Å². The maximum atomic E-state index is 13.4. The number of hydrogen-bond acceptors (Lipinski definition) is 2. The van der Waals surface area contributed by atoms with Crippen LogP contribution in [-0.2, 0) is 0 Å². The molecule has 2 nitrogen and oxygen atoms in total. The maximum absolute atomic E-state index is 13.4. The lowest BCUT2D eigenvalue weighted by atomic mass is 9.97. The molecule has 1 aromatic rings. The molecule has 21 heavy (non-hydrogen) atoms. The van der Waals surface area contributed by atoms with E-state index >= 15 is 0 Å². The Hall–Kier alpha value is -0.930. The van der Waals surface area contributed by atoms with E-state index in [-0.39, 0.29) is 5.82 Å². The van der Waals surface area contributed by atoms with Crippen molar-refractivity contribution in [1.29, 1.82) is 0 Å². The first-order chi connectivity index (χ1) is 10.3. The van der Waals surface area contributed by atoms with Gasteiger partial charge in [0.15, 0.2) is 0 Å². The monoisotopic (exact) mass is 290 g/mol. The van der Waals surface area contributed by atoms with Crippen LogP contribution in [0.3, 0.4) is 0 Å². The molecule has 3 heteroatoms. The second-order valence-electron chi connectivity index (χ2n) is 6.64. The fraction of sp³-hybridized carbons (Fsp3) is 0.667. The summed E-state index contributed by atoms with van der Waals surface area (Å²) < 4.78 is 13.4. The number of halogens is 1. The van der Waals surface area contributed by atoms with Gasteiger partial charge >= 0.3 is 0 Å². The van der Waals surface area contributed by atoms with Crippen molar-refractivity contribution in [2.45, 2.75) is 51.1 Å². The number of piperidine rings is 1. The molecule has 0 aromatic heterocycles. The fourth-order valence-corrected chi connectivity index (χ4v) is 3.49. The fourth-order valence-electron chi connectivity index (χ4n) is 3.49. The Morgan fingerprint density at radius 3 is 2.62 bits per heavy atom. The molecule has 1 aliphatic carbocycles. The van der Waals surface area contributed by atoms with Gasteiger partial charge in [-0.25, -0.2) is 4.39 Å². The van der Waals surface area contributed by atoms with Crippen molar-refractivity contribution in [2.75, 3.05) is 19.6 Å². The summed E-state index contributed by atoms with van der Waals surface area (Å²) in [6, 6.07) is 8.18. The van der Waals surface area contributed by atoms with Crippen molar-refractivity contribution in [1.82, 2.24) is 10.2 Å². The third kappa shape index (κ3) is 4.04. The molecule has 1 saturated carbocycles. The summed E-state index contributed by atoms with van der Waals surface area (Å²) in [6.07, 6.45) is 6.33. The van der Waals surface area contributed by atoms with Gasteiger partial charge in [-0.3, -0.25) is 4.90 Å². The van der Waals surface area contributed by atoms with Crippen LogP contribution < -0.4 is 5.32 Å². The van der Waals surface area contributed by atoms with E-state index in [0.29, 0.717) is 12.1 Å². The van der Waals surface area contributed by atoms with Crippen molar-refractivity contribution in [3.8, 4) is 0 Å².